The van der Waals surface area contributed by atoms with Crippen molar-refractivity contribution in [3.63, 3.8) is 0 Å². The molecular formula is C21H19Cl2N3O4. The van der Waals surface area contributed by atoms with Gasteiger partial charge in [0.05, 0.1) is 17.2 Å². The molecule has 3 rings (SSSR count). The Morgan fingerprint density at radius 2 is 1.83 bits per heavy atom. The molecule has 0 saturated carbocycles. The lowest BCUT2D eigenvalue weighted by atomic mass is 10.1. The van der Waals surface area contributed by atoms with Gasteiger partial charge < -0.3 is 9.72 Å². The predicted octanol–water partition coefficient (Wildman–Crippen LogP) is 3.97. The fourth-order valence-electron chi connectivity index (χ4n) is 2.94. The first-order valence-electron chi connectivity index (χ1n) is 9.15. The van der Waals surface area contributed by atoms with E-state index in [0.717, 1.165) is 5.52 Å². The van der Waals surface area contributed by atoms with Gasteiger partial charge in [-0.3, -0.25) is 25.2 Å². The average Bonchev–Trinajstić information content (AvgIpc) is 3.05. The lowest BCUT2D eigenvalue weighted by Gasteiger charge is -2.09. The van der Waals surface area contributed by atoms with E-state index in [1.165, 1.54) is 0 Å². The van der Waals surface area contributed by atoms with Crippen LogP contribution in [0.25, 0.3) is 10.9 Å². The number of halogens is 2. The van der Waals surface area contributed by atoms with Gasteiger partial charge in [-0.25, -0.2) is 0 Å². The van der Waals surface area contributed by atoms with Crippen LogP contribution < -0.4 is 15.6 Å². The first-order valence-corrected chi connectivity index (χ1v) is 9.91. The Balaban J connectivity index is 1.45. The molecular weight excluding hydrogens is 429 g/mol. The molecule has 0 aliphatic heterocycles. The second-order valence-corrected chi connectivity index (χ2v) is 7.37. The number of carbonyl (C=O) groups is 3. The van der Waals surface area contributed by atoms with Crippen molar-refractivity contribution in [3.8, 4) is 5.75 Å². The molecule has 0 aliphatic rings. The molecule has 2 aromatic carbocycles. The monoisotopic (exact) mass is 447 g/mol. The number of H-pyrrole nitrogens is 1. The Morgan fingerprint density at radius 1 is 1.07 bits per heavy atom. The topological polar surface area (TPSA) is 100 Å². The van der Waals surface area contributed by atoms with Gasteiger partial charge in [0.1, 0.15) is 5.75 Å². The zero-order chi connectivity index (χ0) is 21.7. The molecule has 1 aromatic heterocycles. The van der Waals surface area contributed by atoms with Crippen LogP contribution in [0.4, 0.5) is 0 Å². The highest BCUT2D eigenvalue weighted by Crippen LogP contribution is 2.27. The number of Topliss-reactive ketones (excluding diaryl/α,β-unsaturated/α-hetero) is 1. The maximum absolute atomic E-state index is 12.5. The highest BCUT2D eigenvalue weighted by atomic mass is 35.5. The number of hydrogen-bond acceptors (Lipinski definition) is 4. The summed E-state index contributed by atoms with van der Waals surface area (Å²) in [5.41, 5.74) is 6.03. The third-order valence-electron chi connectivity index (χ3n) is 4.34. The first-order chi connectivity index (χ1) is 14.4. The van der Waals surface area contributed by atoms with Crippen LogP contribution in [0.3, 0.4) is 0 Å². The van der Waals surface area contributed by atoms with Crippen LogP contribution in [-0.2, 0) is 9.59 Å². The fourth-order valence-corrected chi connectivity index (χ4v) is 3.40. The van der Waals surface area contributed by atoms with Crippen molar-refractivity contribution in [1.82, 2.24) is 15.8 Å². The van der Waals surface area contributed by atoms with Crippen LogP contribution in [0.1, 0.15) is 28.9 Å². The number of benzene rings is 2. The van der Waals surface area contributed by atoms with Crippen LogP contribution in [0.5, 0.6) is 5.75 Å². The minimum atomic E-state index is -0.916. The summed E-state index contributed by atoms with van der Waals surface area (Å²) in [6.07, 6.45) is 0.474. The van der Waals surface area contributed by atoms with Crippen molar-refractivity contribution >= 4 is 51.7 Å². The summed E-state index contributed by atoms with van der Waals surface area (Å²) in [6, 6.07) is 12.0. The van der Waals surface area contributed by atoms with Crippen LogP contribution in [-0.4, -0.2) is 29.2 Å². The number of ketones is 1. The quantitative estimate of drug-likeness (QED) is 0.220. The maximum Gasteiger partial charge on any atom is 0.310 e. The van der Waals surface area contributed by atoms with Crippen molar-refractivity contribution in [1.29, 1.82) is 0 Å². The summed E-state index contributed by atoms with van der Waals surface area (Å²) in [5, 5.41) is 1.53. The summed E-state index contributed by atoms with van der Waals surface area (Å²) in [5.74, 6) is -1.63. The molecule has 9 heteroatoms. The molecule has 0 spiro atoms. The van der Waals surface area contributed by atoms with Gasteiger partial charge in [-0.05, 0) is 37.6 Å². The third kappa shape index (κ3) is 5.11. The van der Waals surface area contributed by atoms with E-state index < -0.39 is 17.6 Å². The largest absolute Gasteiger partial charge is 0.492 e. The Morgan fingerprint density at radius 3 is 2.60 bits per heavy atom. The van der Waals surface area contributed by atoms with E-state index in [2.05, 4.69) is 15.8 Å². The van der Waals surface area contributed by atoms with Gasteiger partial charge in [0.15, 0.2) is 0 Å². The number of fused-ring (bicyclic) bond motifs is 1. The van der Waals surface area contributed by atoms with Crippen molar-refractivity contribution in [2.45, 2.75) is 19.8 Å². The predicted molar refractivity (Wildman–Crippen MR) is 115 cm³/mol. The van der Waals surface area contributed by atoms with Gasteiger partial charge in [0.2, 0.25) is 5.91 Å². The number of carbonyl (C=O) groups excluding carboxylic acids is 3. The summed E-state index contributed by atoms with van der Waals surface area (Å²) in [7, 11) is 0. The van der Waals surface area contributed by atoms with E-state index in [1.807, 2.05) is 12.1 Å². The average molecular weight is 448 g/mol. The second-order valence-electron chi connectivity index (χ2n) is 6.53. The molecule has 3 N–H and O–H groups in total. The van der Waals surface area contributed by atoms with Gasteiger partial charge in [-0.2, -0.15) is 0 Å². The zero-order valence-corrected chi connectivity index (χ0v) is 17.6. The first kappa shape index (κ1) is 21.7. The number of para-hydroxylation sites is 1. The second kappa shape index (κ2) is 9.65. The molecule has 156 valence electrons. The van der Waals surface area contributed by atoms with Gasteiger partial charge in [0.25, 0.3) is 5.78 Å². The SMILES string of the molecule is Cc1[nH]c2ccccc2c1C(=O)C(=O)NNC(=O)CCCOc1ccc(Cl)cc1Cl. The van der Waals surface area contributed by atoms with Crippen molar-refractivity contribution in [2.24, 2.45) is 0 Å². The molecule has 0 fully saturated rings. The van der Waals surface area contributed by atoms with E-state index in [1.54, 1.807) is 37.3 Å². The van der Waals surface area contributed by atoms with Gasteiger partial charge in [0, 0.05) is 28.0 Å². The normalized spacial score (nSPS) is 10.6. The van der Waals surface area contributed by atoms with Gasteiger partial charge in [-0.15, -0.1) is 0 Å². The van der Waals surface area contributed by atoms with Gasteiger partial charge in [-0.1, -0.05) is 41.4 Å². The Labute approximate surface area is 182 Å². The fraction of sp³-hybridized carbons (Fsp3) is 0.190. The van der Waals surface area contributed by atoms with E-state index in [9.17, 15) is 14.4 Å². The Kier molecular flexibility index (Phi) is 6.97. The Hall–Kier alpha value is -3.03. The van der Waals surface area contributed by atoms with Crippen LogP contribution >= 0.6 is 23.2 Å². The lowest BCUT2D eigenvalue weighted by molar-refractivity contribution is -0.126. The van der Waals surface area contributed by atoms with Crippen molar-refractivity contribution in [3.05, 3.63) is 63.8 Å². The summed E-state index contributed by atoms with van der Waals surface area (Å²) in [6.45, 7) is 1.96. The Bertz CT molecular complexity index is 1110. The molecule has 0 radical (unpaired) electrons. The lowest BCUT2D eigenvalue weighted by Crippen LogP contribution is -2.45. The molecule has 0 unspecified atom stereocenters. The number of hydrogen-bond donors (Lipinski definition) is 3. The molecule has 0 saturated heterocycles. The smallest absolute Gasteiger partial charge is 0.310 e. The standard InChI is InChI=1S/C21H19Cl2N3O4/c1-12-19(14-5-2-3-6-16(14)24-12)20(28)21(29)26-25-18(27)7-4-10-30-17-9-8-13(22)11-15(17)23/h2-3,5-6,8-9,11,24H,4,7,10H2,1H3,(H,25,27)(H,26,29). The highest BCUT2D eigenvalue weighted by molar-refractivity contribution is 6.45. The number of rotatable bonds is 7. The van der Waals surface area contributed by atoms with E-state index in [4.69, 9.17) is 27.9 Å². The number of aromatic nitrogens is 1. The highest BCUT2D eigenvalue weighted by Gasteiger charge is 2.22. The van der Waals surface area contributed by atoms with E-state index >= 15 is 0 Å². The van der Waals surface area contributed by atoms with Crippen molar-refractivity contribution in [2.75, 3.05) is 6.61 Å². The number of aromatic amines is 1. The molecule has 0 aliphatic carbocycles. The molecule has 1 heterocycles. The van der Waals surface area contributed by atoms with E-state index in [0.29, 0.717) is 33.3 Å². The molecule has 7 nitrogen and oxygen atoms in total. The molecule has 30 heavy (non-hydrogen) atoms. The number of hydrazine groups is 1. The number of nitrogens with one attached hydrogen (secondary N) is 3. The minimum absolute atomic E-state index is 0.0891. The summed E-state index contributed by atoms with van der Waals surface area (Å²) >= 11 is 11.8. The minimum Gasteiger partial charge on any atom is -0.492 e. The summed E-state index contributed by atoms with van der Waals surface area (Å²) < 4.78 is 5.49. The van der Waals surface area contributed by atoms with Crippen LogP contribution in [0.15, 0.2) is 42.5 Å². The summed E-state index contributed by atoms with van der Waals surface area (Å²) in [4.78, 5) is 39.7. The molecule has 3 aromatic rings. The van der Waals surface area contributed by atoms with Crippen LogP contribution in [0.2, 0.25) is 10.0 Å². The van der Waals surface area contributed by atoms with Gasteiger partial charge >= 0.3 is 5.91 Å². The van der Waals surface area contributed by atoms with Crippen molar-refractivity contribution < 1.29 is 19.1 Å². The maximum atomic E-state index is 12.5. The number of amides is 2. The third-order valence-corrected chi connectivity index (χ3v) is 4.87. The van der Waals surface area contributed by atoms with Crippen LogP contribution in [0, 0.1) is 6.92 Å². The zero-order valence-electron chi connectivity index (χ0n) is 16.1. The number of aryl methyl sites for hydroxylation is 1. The molecule has 0 atom stereocenters. The molecule has 2 amide bonds. The number of ether oxygens (including phenoxy) is 1. The van der Waals surface area contributed by atoms with E-state index in [-0.39, 0.29) is 18.6 Å². The molecule has 0 bridgehead atoms.